The average Bonchev–Trinajstić information content (AvgIpc) is 2.28. The summed E-state index contributed by atoms with van der Waals surface area (Å²) in [6.45, 7) is 2.90. The zero-order chi connectivity index (χ0) is 12.0. The fourth-order valence-electron chi connectivity index (χ4n) is 1.81. The lowest BCUT2D eigenvalue weighted by molar-refractivity contribution is 0.409. The van der Waals surface area contributed by atoms with Gasteiger partial charge in [-0.25, -0.2) is 0 Å². The maximum Gasteiger partial charge on any atom is 0.123 e. The summed E-state index contributed by atoms with van der Waals surface area (Å²) in [7, 11) is 1.73. The molecular weight excluding hydrogens is 266 g/mol. The fraction of sp³-hybridized carbons (Fsp3) is 0.538. The fourth-order valence-corrected chi connectivity index (χ4v) is 2.58. The number of aryl methyl sites for hydroxylation is 1. The molecule has 0 atom stereocenters. The maximum absolute atomic E-state index is 5.49. The topological polar surface area (TPSA) is 35.2 Å². The minimum Gasteiger partial charge on any atom is -0.496 e. The molecule has 1 rings (SSSR count). The van der Waals surface area contributed by atoms with Crippen LogP contribution >= 0.6 is 15.9 Å². The van der Waals surface area contributed by atoms with Crippen molar-refractivity contribution in [3.63, 3.8) is 0 Å². The van der Waals surface area contributed by atoms with Gasteiger partial charge in [0, 0.05) is 10.0 Å². The smallest absolute Gasteiger partial charge is 0.123 e. The molecule has 1 aromatic carbocycles. The minimum absolute atomic E-state index is 0.769. The summed E-state index contributed by atoms with van der Waals surface area (Å²) in [6.07, 6.45) is 4.26. The van der Waals surface area contributed by atoms with Crippen molar-refractivity contribution >= 4 is 15.9 Å². The number of benzene rings is 1. The van der Waals surface area contributed by atoms with Gasteiger partial charge in [0.05, 0.1) is 7.11 Å². The van der Waals surface area contributed by atoms with Gasteiger partial charge in [-0.2, -0.15) is 0 Å². The van der Waals surface area contributed by atoms with E-state index in [4.69, 9.17) is 10.5 Å². The summed E-state index contributed by atoms with van der Waals surface area (Å²) in [5, 5.41) is 0. The molecule has 0 bridgehead atoms. The standard InChI is InChI=1S/C13H20BrNO/c1-3-11-12(14)8-10(6-4-5-7-15)9-13(11)16-2/h8-9H,3-7,15H2,1-2H3. The number of rotatable bonds is 6. The van der Waals surface area contributed by atoms with Crippen LogP contribution in [-0.4, -0.2) is 13.7 Å². The van der Waals surface area contributed by atoms with Crippen LogP contribution in [-0.2, 0) is 12.8 Å². The van der Waals surface area contributed by atoms with Gasteiger partial charge in [0.1, 0.15) is 5.75 Å². The molecule has 0 amide bonds. The Morgan fingerprint density at radius 1 is 1.31 bits per heavy atom. The van der Waals surface area contributed by atoms with Crippen LogP contribution in [0.25, 0.3) is 0 Å². The second-order valence-corrected chi connectivity index (χ2v) is 4.71. The lowest BCUT2D eigenvalue weighted by atomic mass is 10.0. The first-order valence-corrected chi connectivity index (χ1v) is 6.57. The Balaban J connectivity index is 2.83. The van der Waals surface area contributed by atoms with Gasteiger partial charge in [-0.3, -0.25) is 0 Å². The van der Waals surface area contributed by atoms with Crippen molar-refractivity contribution in [2.45, 2.75) is 32.6 Å². The molecule has 0 aliphatic carbocycles. The molecule has 3 heteroatoms. The van der Waals surface area contributed by atoms with Gasteiger partial charge in [0.15, 0.2) is 0 Å². The summed E-state index contributed by atoms with van der Waals surface area (Å²) in [4.78, 5) is 0. The number of methoxy groups -OCH3 is 1. The predicted octanol–water partition coefficient (Wildman–Crippen LogP) is 3.30. The Morgan fingerprint density at radius 2 is 2.06 bits per heavy atom. The Hall–Kier alpha value is -0.540. The van der Waals surface area contributed by atoms with Crippen LogP contribution in [0.15, 0.2) is 16.6 Å². The summed E-state index contributed by atoms with van der Waals surface area (Å²) in [5.74, 6) is 0.986. The quantitative estimate of drug-likeness (QED) is 0.814. The third-order valence-corrected chi connectivity index (χ3v) is 3.41. The highest BCUT2D eigenvalue weighted by Gasteiger charge is 2.07. The molecule has 0 heterocycles. The molecule has 0 radical (unpaired) electrons. The first kappa shape index (κ1) is 13.5. The molecule has 2 N–H and O–H groups in total. The van der Waals surface area contributed by atoms with Crippen molar-refractivity contribution < 1.29 is 4.74 Å². The van der Waals surface area contributed by atoms with Crippen LogP contribution in [0.5, 0.6) is 5.75 Å². The SMILES string of the molecule is CCc1c(Br)cc(CCCCN)cc1OC. The second kappa shape index (κ2) is 6.92. The van der Waals surface area contributed by atoms with Crippen LogP contribution in [0, 0.1) is 0 Å². The lowest BCUT2D eigenvalue weighted by Crippen LogP contribution is -2.00. The Bertz CT molecular complexity index is 339. The molecular formula is C13H20BrNO. The molecule has 0 aliphatic heterocycles. The zero-order valence-electron chi connectivity index (χ0n) is 10.1. The molecule has 0 saturated carbocycles. The maximum atomic E-state index is 5.49. The van der Waals surface area contributed by atoms with E-state index in [1.807, 2.05) is 0 Å². The Morgan fingerprint density at radius 3 is 2.62 bits per heavy atom. The summed E-state index contributed by atoms with van der Waals surface area (Å²) in [5.41, 5.74) is 8.05. The Labute approximate surface area is 106 Å². The second-order valence-electron chi connectivity index (χ2n) is 3.86. The molecule has 2 nitrogen and oxygen atoms in total. The van der Waals surface area contributed by atoms with E-state index < -0.39 is 0 Å². The largest absolute Gasteiger partial charge is 0.496 e. The Kier molecular flexibility index (Phi) is 5.85. The van der Waals surface area contributed by atoms with Crippen molar-refractivity contribution in [1.29, 1.82) is 0 Å². The van der Waals surface area contributed by atoms with Gasteiger partial charge < -0.3 is 10.5 Å². The molecule has 0 aromatic heterocycles. The van der Waals surface area contributed by atoms with Gasteiger partial charge in [-0.1, -0.05) is 22.9 Å². The van der Waals surface area contributed by atoms with Gasteiger partial charge in [-0.15, -0.1) is 0 Å². The van der Waals surface area contributed by atoms with E-state index in [2.05, 4.69) is 35.0 Å². The van der Waals surface area contributed by atoms with Crippen molar-refractivity contribution in [3.05, 3.63) is 27.7 Å². The van der Waals surface area contributed by atoms with E-state index in [1.165, 1.54) is 11.1 Å². The van der Waals surface area contributed by atoms with Crippen molar-refractivity contribution in [2.75, 3.05) is 13.7 Å². The lowest BCUT2D eigenvalue weighted by Gasteiger charge is -2.11. The highest BCUT2D eigenvalue weighted by molar-refractivity contribution is 9.10. The van der Waals surface area contributed by atoms with Crippen LogP contribution in [0.1, 0.15) is 30.9 Å². The number of halogens is 1. The summed E-state index contributed by atoms with van der Waals surface area (Å²) < 4.78 is 6.56. The minimum atomic E-state index is 0.769. The highest BCUT2D eigenvalue weighted by atomic mass is 79.9. The van der Waals surface area contributed by atoms with E-state index in [-0.39, 0.29) is 0 Å². The predicted molar refractivity (Wildman–Crippen MR) is 72.1 cm³/mol. The van der Waals surface area contributed by atoms with Gasteiger partial charge >= 0.3 is 0 Å². The normalized spacial score (nSPS) is 10.5. The molecule has 16 heavy (non-hydrogen) atoms. The van der Waals surface area contributed by atoms with E-state index in [0.29, 0.717) is 0 Å². The van der Waals surface area contributed by atoms with Crippen LogP contribution in [0.2, 0.25) is 0 Å². The third-order valence-electron chi connectivity index (χ3n) is 2.71. The van der Waals surface area contributed by atoms with Crippen molar-refractivity contribution in [2.24, 2.45) is 5.73 Å². The zero-order valence-corrected chi connectivity index (χ0v) is 11.6. The number of nitrogens with two attached hydrogens (primary N) is 1. The summed E-state index contributed by atoms with van der Waals surface area (Å²) in [6, 6.07) is 4.33. The molecule has 0 fully saturated rings. The number of hydrogen-bond donors (Lipinski definition) is 1. The van der Waals surface area contributed by atoms with Gasteiger partial charge in [0.2, 0.25) is 0 Å². The van der Waals surface area contributed by atoms with Crippen molar-refractivity contribution in [3.8, 4) is 5.75 Å². The highest BCUT2D eigenvalue weighted by Crippen LogP contribution is 2.29. The summed E-state index contributed by atoms with van der Waals surface area (Å²) >= 11 is 3.60. The molecule has 0 saturated heterocycles. The third kappa shape index (κ3) is 3.49. The first-order valence-electron chi connectivity index (χ1n) is 5.78. The first-order chi connectivity index (χ1) is 7.72. The monoisotopic (exact) mass is 285 g/mol. The van der Waals surface area contributed by atoms with Gasteiger partial charge in [-0.05, 0) is 49.9 Å². The number of ether oxygens (including phenoxy) is 1. The number of hydrogen-bond acceptors (Lipinski definition) is 2. The van der Waals surface area contributed by atoms with E-state index in [0.717, 1.165) is 42.5 Å². The molecule has 0 spiro atoms. The van der Waals surface area contributed by atoms with Gasteiger partial charge in [0.25, 0.3) is 0 Å². The average molecular weight is 286 g/mol. The van der Waals surface area contributed by atoms with Crippen LogP contribution in [0.3, 0.4) is 0 Å². The molecule has 0 aliphatic rings. The van der Waals surface area contributed by atoms with E-state index >= 15 is 0 Å². The van der Waals surface area contributed by atoms with Crippen molar-refractivity contribution in [1.82, 2.24) is 0 Å². The molecule has 1 aromatic rings. The van der Waals surface area contributed by atoms with E-state index in [1.54, 1.807) is 7.11 Å². The molecule has 0 unspecified atom stereocenters. The van der Waals surface area contributed by atoms with Crippen LogP contribution < -0.4 is 10.5 Å². The van der Waals surface area contributed by atoms with Crippen LogP contribution in [0.4, 0.5) is 0 Å². The van der Waals surface area contributed by atoms with E-state index in [9.17, 15) is 0 Å². The number of unbranched alkanes of at least 4 members (excludes halogenated alkanes) is 1. The molecule has 90 valence electrons.